The molecule has 3 aromatic rings. The van der Waals surface area contributed by atoms with Crippen molar-refractivity contribution in [2.45, 2.75) is 64.4 Å². The highest BCUT2D eigenvalue weighted by molar-refractivity contribution is 5.88. The molecule has 0 aliphatic carbocycles. The normalized spacial score (nSPS) is 22.5. The zero-order chi connectivity index (χ0) is 19.5. The van der Waals surface area contributed by atoms with Crippen molar-refractivity contribution in [3.8, 4) is 5.75 Å². The van der Waals surface area contributed by atoms with E-state index < -0.39 is 6.29 Å². The second-order valence-corrected chi connectivity index (χ2v) is 7.72. The lowest BCUT2D eigenvalue weighted by atomic mass is 10.0. The van der Waals surface area contributed by atoms with Crippen LogP contribution in [-0.4, -0.2) is 23.6 Å². The molecule has 0 bridgehead atoms. The van der Waals surface area contributed by atoms with Crippen LogP contribution in [0.5, 0.6) is 5.75 Å². The topological polar surface area (TPSA) is 51.8 Å². The van der Waals surface area contributed by atoms with Crippen LogP contribution in [0.2, 0.25) is 0 Å². The molecule has 4 nitrogen and oxygen atoms in total. The van der Waals surface area contributed by atoms with Crippen LogP contribution in [0.15, 0.2) is 53.1 Å². The Hall–Kier alpha value is -2.30. The van der Waals surface area contributed by atoms with E-state index in [0.29, 0.717) is 12.8 Å². The van der Waals surface area contributed by atoms with E-state index in [9.17, 15) is 5.11 Å². The Kier molecular flexibility index (Phi) is 5.69. The van der Waals surface area contributed by atoms with Crippen molar-refractivity contribution in [3.63, 3.8) is 0 Å². The van der Waals surface area contributed by atoms with E-state index in [0.717, 1.165) is 47.1 Å². The lowest BCUT2D eigenvalue weighted by Gasteiger charge is -2.32. The summed E-state index contributed by atoms with van der Waals surface area (Å²) in [5.41, 5.74) is 4.35. The molecule has 2 aromatic carbocycles. The molecule has 0 amide bonds. The minimum absolute atomic E-state index is 0.0379. The van der Waals surface area contributed by atoms with Crippen LogP contribution in [0.25, 0.3) is 11.0 Å². The van der Waals surface area contributed by atoms with E-state index in [1.807, 2.05) is 31.4 Å². The van der Waals surface area contributed by atoms with Gasteiger partial charge in [0.15, 0.2) is 0 Å². The third-order valence-electron chi connectivity index (χ3n) is 5.44. The lowest BCUT2D eigenvalue weighted by Crippen LogP contribution is -2.38. The van der Waals surface area contributed by atoms with Crippen molar-refractivity contribution in [1.82, 2.24) is 0 Å². The smallest absolute Gasteiger partial charge is 0.202 e. The van der Waals surface area contributed by atoms with Gasteiger partial charge in [0.1, 0.15) is 11.3 Å². The zero-order valence-corrected chi connectivity index (χ0v) is 16.6. The van der Waals surface area contributed by atoms with Crippen molar-refractivity contribution in [2.24, 2.45) is 0 Å². The van der Waals surface area contributed by atoms with Crippen LogP contribution in [0, 0.1) is 6.92 Å². The molecule has 148 valence electrons. The summed E-state index contributed by atoms with van der Waals surface area (Å²) in [6.07, 6.45) is 4.91. The summed E-state index contributed by atoms with van der Waals surface area (Å²) < 4.78 is 18.1. The van der Waals surface area contributed by atoms with E-state index >= 15 is 0 Å². The van der Waals surface area contributed by atoms with E-state index in [4.69, 9.17) is 13.9 Å². The number of fused-ring (bicyclic) bond motifs is 1. The van der Waals surface area contributed by atoms with Crippen molar-refractivity contribution in [3.05, 3.63) is 65.4 Å². The Labute approximate surface area is 166 Å². The molecule has 1 aromatic heterocycles. The van der Waals surface area contributed by atoms with Crippen molar-refractivity contribution < 1.29 is 19.0 Å². The number of rotatable bonds is 6. The summed E-state index contributed by atoms with van der Waals surface area (Å²) in [6.45, 7) is 4.10. The molecule has 1 fully saturated rings. The van der Waals surface area contributed by atoms with Gasteiger partial charge in [-0.2, -0.15) is 0 Å². The minimum atomic E-state index is -0.435. The van der Waals surface area contributed by atoms with Gasteiger partial charge in [0, 0.05) is 12.0 Å². The van der Waals surface area contributed by atoms with E-state index in [1.54, 1.807) is 0 Å². The standard InChI is InChI=1S/C24H28O4/c1-3-20-13-19(25)14-23(27-20)28-22-12-16(2)11-21-24(22)18(15-26-21)10-9-17-7-5-4-6-8-17/h4-8,11-12,15,19-20,23,25H,3,9-10,13-14H2,1-2H3/t19-,20?,23-/m0/s1. The second-order valence-electron chi connectivity index (χ2n) is 7.72. The van der Waals surface area contributed by atoms with Gasteiger partial charge in [-0.05, 0) is 55.9 Å². The van der Waals surface area contributed by atoms with Gasteiger partial charge < -0.3 is 19.0 Å². The second kappa shape index (κ2) is 8.38. The fourth-order valence-corrected chi connectivity index (χ4v) is 3.95. The molecule has 0 saturated carbocycles. The van der Waals surface area contributed by atoms with Gasteiger partial charge in [-0.3, -0.25) is 0 Å². The first-order valence-electron chi connectivity index (χ1n) is 10.2. The highest BCUT2D eigenvalue weighted by Crippen LogP contribution is 2.35. The van der Waals surface area contributed by atoms with Crippen LogP contribution in [0.3, 0.4) is 0 Å². The highest BCUT2D eigenvalue weighted by atomic mass is 16.7. The van der Waals surface area contributed by atoms with Gasteiger partial charge in [0.2, 0.25) is 6.29 Å². The predicted molar refractivity (Wildman–Crippen MR) is 110 cm³/mol. The maximum Gasteiger partial charge on any atom is 0.202 e. The maximum absolute atomic E-state index is 10.2. The summed E-state index contributed by atoms with van der Waals surface area (Å²) in [6, 6.07) is 14.5. The molecule has 2 heterocycles. The van der Waals surface area contributed by atoms with Crippen molar-refractivity contribution in [1.29, 1.82) is 0 Å². The zero-order valence-electron chi connectivity index (χ0n) is 16.6. The van der Waals surface area contributed by atoms with Crippen molar-refractivity contribution in [2.75, 3.05) is 0 Å². The molecule has 1 unspecified atom stereocenters. The maximum atomic E-state index is 10.2. The summed E-state index contributed by atoms with van der Waals surface area (Å²) in [4.78, 5) is 0. The summed E-state index contributed by atoms with van der Waals surface area (Å²) >= 11 is 0. The molecule has 1 aliphatic heterocycles. The van der Waals surface area contributed by atoms with Crippen LogP contribution in [0.1, 0.15) is 42.9 Å². The molecule has 4 rings (SSSR count). The van der Waals surface area contributed by atoms with Crippen molar-refractivity contribution >= 4 is 11.0 Å². The van der Waals surface area contributed by atoms with E-state index in [1.165, 1.54) is 5.56 Å². The molecular formula is C24H28O4. The Morgan fingerprint density at radius 2 is 1.93 bits per heavy atom. The largest absolute Gasteiger partial charge is 0.464 e. The number of furan rings is 1. The van der Waals surface area contributed by atoms with Gasteiger partial charge in [0.05, 0.1) is 23.9 Å². The average Bonchev–Trinajstić information content (AvgIpc) is 3.09. The Morgan fingerprint density at radius 3 is 2.71 bits per heavy atom. The molecular weight excluding hydrogens is 352 g/mol. The number of hydrogen-bond donors (Lipinski definition) is 1. The summed E-state index contributed by atoms with van der Waals surface area (Å²) in [7, 11) is 0. The number of aryl methyl sites for hydroxylation is 3. The number of aliphatic hydroxyl groups excluding tert-OH is 1. The predicted octanol–water partition coefficient (Wildman–Crippen LogP) is 5.18. The van der Waals surface area contributed by atoms with E-state index in [2.05, 4.69) is 31.2 Å². The molecule has 3 atom stereocenters. The summed E-state index contributed by atoms with van der Waals surface area (Å²) in [5, 5.41) is 11.2. The summed E-state index contributed by atoms with van der Waals surface area (Å²) in [5.74, 6) is 0.778. The third kappa shape index (κ3) is 4.23. The molecule has 0 spiro atoms. The fourth-order valence-electron chi connectivity index (χ4n) is 3.95. The Morgan fingerprint density at radius 1 is 1.11 bits per heavy atom. The molecule has 1 aliphatic rings. The van der Waals surface area contributed by atoms with Gasteiger partial charge in [0.25, 0.3) is 0 Å². The average molecular weight is 380 g/mol. The first-order valence-corrected chi connectivity index (χ1v) is 10.2. The Balaban J connectivity index is 1.59. The SMILES string of the molecule is CCC1C[C@H](O)C[C@H](Oc2cc(C)cc3occ(CCc4ccccc4)c23)O1. The quantitative estimate of drug-likeness (QED) is 0.640. The van der Waals surface area contributed by atoms with Gasteiger partial charge in [-0.1, -0.05) is 37.3 Å². The lowest BCUT2D eigenvalue weighted by molar-refractivity contribution is -0.175. The molecule has 28 heavy (non-hydrogen) atoms. The molecule has 1 saturated heterocycles. The number of aliphatic hydroxyl groups is 1. The van der Waals surface area contributed by atoms with Crippen LogP contribution in [-0.2, 0) is 17.6 Å². The fraction of sp³-hybridized carbons (Fsp3) is 0.417. The van der Waals surface area contributed by atoms with Crippen LogP contribution >= 0.6 is 0 Å². The van der Waals surface area contributed by atoms with Crippen LogP contribution < -0.4 is 4.74 Å². The molecule has 0 radical (unpaired) electrons. The van der Waals surface area contributed by atoms with Crippen LogP contribution in [0.4, 0.5) is 0 Å². The Bertz CT molecular complexity index is 915. The number of benzene rings is 2. The van der Waals surface area contributed by atoms with Gasteiger partial charge in [-0.15, -0.1) is 0 Å². The molecule has 1 N–H and O–H groups in total. The first-order chi connectivity index (χ1) is 13.6. The highest BCUT2D eigenvalue weighted by Gasteiger charge is 2.29. The van der Waals surface area contributed by atoms with Gasteiger partial charge >= 0.3 is 0 Å². The number of hydrogen-bond acceptors (Lipinski definition) is 4. The molecule has 4 heteroatoms. The number of ether oxygens (including phenoxy) is 2. The monoisotopic (exact) mass is 380 g/mol. The minimum Gasteiger partial charge on any atom is -0.464 e. The third-order valence-corrected chi connectivity index (χ3v) is 5.44. The first kappa shape index (κ1) is 19.0. The van der Waals surface area contributed by atoms with E-state index in [-0.39, 0.29) is 12.2 Å². The van der Waals surface area contributed by atoms with Gasteiger partial charge in [-0.25, -0.2) is 0 Å².